The number of hydrogen-bond donors (Lipinski definition) is 1. The van der Waals surface area contributed by atoms with E-state index in [-0.39, 0.29) is 0 Å². The van der Waals surface area contributed by atoms with E-state index in [9.17, 15) is 0 Å². The van der Waals surface area contributed by atoms with Gasteiger partial charge in [0.2, 0.25) is 0 Å². The van der Waals surface area contributed by atoms with Crippen molar-refractivity contribution < 1.29 is 0 Å². The van der Waals surface area contributed by atoms with Crippen LogP contribution in [0, 0.1) is 6.92 Å². The van der Waals surface area contributed by atoms with E-state index in [1.165, 1.54) is 74.1 Å². The van der Waals surface area contributed by atoms with Crippen LogP contribution in [-0.4, -0.2) is 11.5 Å². The molecule has 0 saturated heterocycles. The summed E-state index contributed by atoms with van der Waals surface area (Å²) in [4.78, 5) is 5.63. The molecule has 3 heteroatoms. The first-order valence-electron chi connectivity index (χ1n) is 8.45. The first kappa shape index (κ1) is 17.6. The summed E-state index contributed by atoms with van der Waals surface area (Å²) in [5.74, 6) is 0. The predicted octanol–water partition coefficient (Wildman–Crippen LogP) is 5.46. The summed E-state index contributed by atoms with van der Waals surface area (Å²) >= 11 is 1.80. The highest BCUT2D eigenvalue weighted by Gasteiger charge is 1.97. The molecule has 116 valence electrons. The molecule has 2 nitrogen and oxygen atoms in total. The molecule has 20 heavy (non-hydrogen) atoms. The van der Waals surface area contributed by atoms with Crippen LogP contribution >= 0.6 is 11.3 Å². The molecule has 0 bridgehead atoms. The van der Waals surface area contributed by atoms with Crippen LogP contribution in [0.15, 0.2) is 6.20 Å². The van der Waals surface area contributed by atoms with Crippen molar-refractivity contribution in [2.24, 2.45) is 0 Å². The minimum atomic E-state index is 0.989. The zero-order valence-corrected chi connectivity index (χ0v) is 14.2. The Hall–Kier alpha value is -0.410. The Kier molecular flexibility index (Phi) is 10.9. The van der Waals surface area contributed by atoms with Crippen molar-refractivity contribution in [3.8, 4) is 0 Å². The van der Waals surface area contributed by atoms with Gasteiger partial charge in [0.15, 0.2) is 0 Å². The lowest BCUT2D eigenvalue weighted by Crippen LogP contribution is -2.13. The van der Waals surface area contributed by atoms with Crippen molar-refractivity contribution in [3.63, 3.8) is 0 Å². The molecule has 0 aliphatic carbocycles. The molecule has 1 heterocycles. The summed E-state index contributed by atoms with van der Waals surface area (Å²) in [5, 5.41) is 4.68. The first-order valence-corrected chi connectivity index (χ1v) is 9.26. The monoisotopic (exact) mass is 296 g/mol. The molecule has 0 amide bonds. The molecule has 0 aliphatic rings. The summed E-state index contributed by atoms with van der Waals surface area (Å²) in [6.45, 7) is 6.48. The Morgan fingerprint density at radius 1 is 0.950 bits per heavy atom. The van der Waals surface area contributed by atoms with E-state index < -0.39 is 0 Å². The van der Waals surface area contributed by atoms with E-state index in [4.69, 9.17) is 0 Å². The van der Waals surface area contributed by atoms with Gasteiger partial charge < -0.3 is 5.32 Å². The van der Waals surface area contributed by atoms with E-state index in [0.717, 1.165) is 13.1 Å². The second kappa shape index (κ2) is 12.3. The number of hydrogen-bond acceptors (Lipinski definition) is 3. The maximum atomic E-state index is 4.27. The molecule has 0 saturated carbocycles. The van der Waals surface area contributed by atoms with Crippen LogP contribution in [-0.2, 0) is 6.54 Å². The van der Waals surface area contributed by atoms with E-state index in [2.05, 4.69) is 24.1 Å². The smallest absolute Gasteiger partial charge is 0.0897 e. The number of nitrogens with one attached hydrogen (secondary N) is 1. The number of unbranched alkanes of at least 4 members (excludes halogenated alkanes) is 9. The summed E-state index contributed by atoms with van der Waals surface area (Å²) in [5.41, 5.74) is 0. The second-order valence-corrected chi connectivity index (χ2v) is 7.02. The van der Waals surface area contributed by atoms with E-state index in [0.29, 0.717) is 0 Å². The molecule has 0 unspecified atom stereocenters. The molecule has 0 fully saturated rings. The summed E-state index contributed by atoms with van der Waals surface area (Å²) in [6, 6.07) is 0. The van der Waals surface area contributed by atoms with Gasteiger partial charge in [0.25, 0.3) is 0 Å². The average Bonchev–Trinajstić information content (AvgIpc) is 2.86. The van der Waals surface area contributed by atoms with Gasteiger partial charge in [-0.15, -0.1) is 11.3 Å². The minimum absolute atomic E-state index is 0.989. The van der Waals surface area contributed by atoms with E-state index >= 15 is 0 Å². The van der Waals surface area contributed by atoms with Crippen LogP contribution in [0.2, 0.25) is 0 Å². The standard InChI is InChI=1S/C17H32N2S/c1-3-4-5-6-7-8-9-10-11-12-13-18-14-17-15-19-16(2)20-17/h15,18H,3-14H2,1-2H3. The predicted molar refractivity (Wildman–Crippen MR) is 90.4 cm³/mol. The average molecular weight is 297 g/mol. The van der Waals surface area contributed by atoms with Crippen LogP contribution in [0.5, 0.6) is 0 Å². The fourth-order valence-electron chi connectivity index (χ4n) is 2.44. The fourth-order valence-corrected chi connectivity index (χ4v) is 3.20. The van der Waals surface area contributed by atoms with Crippen LogP contribution in [0.4, 0.5) is 0 Å². The minimum Gasteiger partial charge on any atom is -0.312 e. The molecule has 0 aliphatic heterocycles. The normalized spacial score (nSPS) is 11.1. The zero-order valence-electron chi connectivity index (χ0n) is 13.4. The van der Waals surface area contributed by atoms with Gasteiger partial charge >= 0.3 is 0 Å². The van der Waals surface area contributed by atoms with Gasteiger partial charge in [-0.05, 0) is 19.9 Å². The highest BCUT2D eigenvalue weighted by molar-refractivity contribution is 7.11. The van der Waals surface area contributed by atoms with Gasteiger partial charge in [-0.2, -0.15) is 0 Å². The highest BCUT2D eigenvalue weighted by Crippen LogP contribution is 2.11. The number of thiazole rings is 1. The maximum absolute atomic E-state index is 4.27. The largest absolute Gasteiger partial charge is 0.312 e. The molecule has 1 aromatic heterocycles. The van der Waals surface area contributed by atoms with E-state index in [1.807, 2.05) is 6.20 Å². The quantitative estimate of drug-likeness (QED) is 0.489. The molecule has 0 spiro atoms. The fraction of sp³-hybridized carbons (Fsp3) is 0.824. The number of rotatable bonds is 13. The van der Waals surface area contributed by atoms with Crippen molar-refractivity contribution in [1.82, 2.24) is 10.3 Å². The lowest BCUT2D eigenvalue weighted by atomic mass is 10.1. The summed E-state index contributed by atoms with van der Waals surface area (Å²) in [7, 11) is 0. The van der Waals surface area contributed by atoms with Gasteiger partial charge in [0.1, 0.15) is 0 Å². The number of nitrogens with zero attached hydrogens (tertiary/aromatic N) is 1. The van der Waals surface area contributed by atoms with Crippen molar-refractivity contribution in [3.05, 3.63) is 16.1 Å². The third-order valence-corrected chi connectivity index (χ3v) is 4.59. The van der Waals surface area contributed by atoms with Gasteiger partial charge in [-0.1, -0.05) is 64.7 Å². The van der Waals surface area contributed by atoms with Crippen LogP contribution in [0.25, 0.3) is 0 Å². The Bertz CT molecular complexity index is 323. The molecule has 0 atom stereocenters. The van der Waals surface area contributed by atoms with Gasteiger partial charge in [0, 0.05) is 17.6 Å². The Morgan fingerprint density at radius 3 is 2.10 bits per heavy atom. The van der Waals surface area contributed by atoms with Crippen molar-refractivity contribution in [2.75, 3.05) is 6.54 Å². The molecule has 0 aromatic carbocycles. The lowest BCUT2D eigenvalue weighted by Gasteiger charge is -2.03. The number of aryl methyl sites for hydroxylation is 1. The molecule has 0 radical (unpaired) electrons. The van der Waals surface area contributed by atoms with Crippen LogP contribution < -0.4 is 5.32 Å². The van der Waals surface area contributed by atoms with Crippen molar-refractivity contribution in [1.29, 1.82) is 0 Å². The second-order valence-electron chi connectivity index (χ2n) is 5.70. The topological polar surface area (TPSA) is 24.9 Å². The molecular weight excluding hydrogens is 264 g/mol. The van der Waals surface area contributed by atoms with Crippen LogP contribution in [0.1, 0.15) is 81.0 Å². The van der Waals surface area contributed by atoms with Crippen molar-refractivity contribution in [2.45, 2.75) is 84.6 Å². The summed E-state index contributed by atoms with van der Waals surface area (Å²) in [6.07, 6.45) is 16.1. The zero-order chi connectivity index (χ0) is 14.5. The molecule has 1 rings (SSSR count). The first-order chi connectivity index (χ1) is 9.83. The Morgan fingerprint density at radius 2 is 1.55 bits per heavy atom. The third kappa shape index (κ3) is 9.49. The van der Waals surface area contributed by atoms with Gasteiger partial charge in [-0.25, -0.2) is 4.98 Å². The molecular formula is C17H32N2S. The summed E-state index contributed by atoms with van der Waals surface area (Å²) < 4.78 is 0. The molecule has 1 aromatic rings. The van der Waals surface area contributed by atoms with Gasteiger partial charge in [-0.3, -0.25) is 0 Å². The molecule has 1 N–H and O–H groups in total. The SMILES string of the molecule is CCCCCCCCCCCCNCc1cnc(C)s1. The number of aromatic nitrogens is 1. The van der Waals surface area contributed by atoms with Crippen molar-refractivity contribution >= 4 is 11.3 Å². The maximum Gasteiger partial charge on any atom is 0.0897 e. The lowest BCUT2D eigenvalue weighted by molar-refractivity contribution is 0.544. The van der Waals surface area contributed by atoms with E-state index in [1.54, 1.807) is 11.3 Å². The Labute approximate surface area is 129 Å². The third-order valence-electron chi connectivity index (χ3n) is 3.68. The van der Waals surface area contributed by atoms with Gasteiger partial charge in [0.05, 0.1) is 5.01 Å². The Balaban J connectivity index is 1.76. The highest BCUT2D eigenvalue weighted by atomic mass is 32.1. The van der Waals surface area contributed by atoms with Crippen LogP contribution in [0.3, 0.4) is 0 Å².